The monoisotopic (exact) mass is 272 g/mol. The van der Waals surface area contributed by atoms with Gasteiger partial charge in [-0.2, -0.15) is 0 Å². The van der Waals surface area contributed by atoms with E-state index in [0.29, 0.717) is 22.0 Å². The lowest BCUT2D eigenvalue weighted by molar-refractivity contribution is 0.486. The van der Waals surface area contributed by atoms with Gasteiger partial charge in [-0.05, 0) is 36.8 Å². The first-order chi connectivity index (χ1) is 9.63. The number of nitrogens with zero attached hydrogens (tertiary/aromatic N) is 1. The predicted octanol–water partition coefficient (Wildman–Crippen LogP) is 2.50. The van der Waals surface area contributed by atoms with E-state index in [1.54, 1.807) is 6.07 Å². The SMILES string of the molecule is CCCC1(CNc2cc3nc[nH]c(=O)c3cc2N)CC1. The van der Waals surface area contributed by atoms with Crippen LogP contribution in [-0.2, 0) is 0 Å². The molecule has 0 saturated heterocycles. The normalized spacial score (nSPS) is 16.2. The van der Waals surface area contributed by atoms with Crippen LogP contribution >= 0.6 is 0 Å². The number of anilines is 2. The summed E-state index contributed by atoms with van der Waals surface area (Å²) in [6.45, 7) is 3.17. The minimum absolute atomic E-state index is 0.155. The summed E-state index contributed by atoms with van der Waals surface area (Å²) in [5, 5.41) is 3.97. The zero-order valence-corrected chi connectivity index (χ0v) is 11.7. The molecule has 0 amide bonds. The Labute approximate surface area is 117 Å². The van der Waals surface area contributed by atoms with Gasteiger partial charge in [0.2, 0.25) is 0 Å². The molecule has 1 fully saturated rings. The Morgan fingerprint density at radius 2 is 2.25 bits per heavy atom. The zero-order chi connectivity index (χ0) is 14.2. The maximum atomic E-state index is 11.7. The lowest BCUT2D eigenvalue weighted by atomic mass is 10.0. The molecule has 1 aliphatic rings. The van der Waals surface area contributed by atoms with Crippen molar-refractivity contribution < 1.29 is 0 Å². The van der Waals surface area contributed by atoms with Gasteiger partial charge in [-0.25, -0.2) is 4.98 Å². The first-order valence-electron chi connectivity index (χ1n) is 7.14. The molecule has 1 saturated carbocycles. The highest BCUT2D eigenvalue weighted by Gasteiger charge is 2.41. The van der Waals surface area contributed by atoms with Gasteiger partial charge in [-0.15, -0.1) is 0 Å². The van der Waals surface area contributed by atoms with Crippen LogP contribution in [0.1, 0.15) is 32.6 Å². The van der Waals surface area contributed by atoms with E-state index in [4.69, 9.17) is 5.73 Å². The second-order valence-electron chi connectivity index (χ2n) is 5.79. The Morgan fingerprint density at radius 3 is 2.95 bits per heavy atom. The van der Waals surface area contributed by atoms with E-state index < -0.39 is 0 Å². The van der Waals surface area contributed by atoms with Gasteiger partial charge >= 0.3 is 0 Å². The molecular formula is C15H20N4O. The third kappa shape index (κ3) is 2.35. The maximum Gasteiger partial charge on any atom is 0.258 e. The predicted molar refractivity (Wildman–Crippen MR) is 81.8 cm³/mol. The van der Waals surface area contributed by atoms with Crippen molar-refractivity contribution in [1.82, 2.24) is 9.97 Å². The lowest BCUT2D eigenvalue weighted by Crippen LogP contribution is -2.16. The first-order valence-corrected chi connectivity index (χ1v) is 7.14. The smallest absolute Gasteiger partial charge is 0.258 e. The fourth-order valence-corrected chi connectivity index (χ4v) is 2.79. The first kappa shape index (κ1) is 13.0. The van der Waals surface area contributed by atoms with Gasteiger partial charge < -0.3 is 16.0 Å². The quantitative estimate of drug-likeness (QED) is 0.730. The molecule has 1 aromatic carbocycles. The van der Waals surface area contributed by atoms with E-state index in [1.807, 2.05) is 6.07 Å². The Morgan fingerprint density at radius 1 is 1.45 bits per heavy atom. The summed E-state index contributed by atoms with van der Waals surface area (Å²) in [5.74, 6) is 0. The highest BCUT2D eigenvalue weighted by Crippen LogP contribution is 2.49. The van der Waals surface area contributed by atoms with Gasteiger partial charge in [-0.3, -0.25) is 4.79 Å². The van der Waals surface area contributed by atoms with Crippen LogP contribution in [0.5, 0.6) is 0 Å². The average Bonchev–Trinajstić information content (AvgIpc) is 3.18. The fraction of sp³-hybridized carbons (Fsp3) is 0.467. The Kier molecular flexibility index (Phi) is 3.12. The van der Waals surface area contributed by atoms with Gasteiger partial charge in [0, 0.05) is 6.54 Å². The summed E-state index contributed by atoms with van der Waals surface area (Å²) >= 11 is 0. The van der Waals surface area contributed by atoms with Crippen LogP contribution in [0.25, 0.3) is 10.9 Å². The van der Waals surface area contributed by atoms with Crippen molar-refractivity contribution in [2.24, 2.45) is 5.41 Å². The molecule has 106 valence electrons. The van der Waals surface area contributed by atoms with Crippen LogP contribution in [-0.4, -0.2) is 16.5 Å². The number of hydrogen-bond donors (Lipinski definition) is 3. The van der Waals surface area contributed by atoms with E-state index in [1.165, 1.54) is 32.0 Å². The van der Waals surface area contributed by atoms with Crippen LogP contribution in [0.2, 0.25) is 0 Å². The summed E-state index contributed by atoms with van der Waals surface area (Å²) in [6.07, 6.45) is 6.47. The molecule has 0 bridgehead atoms. The van der Waals surface area contributed by atoms with E-state index >= 15 is 0 Å². The van der Waals surface area contributed by atoms with E-state index in [2.05, 4.69) is 22.2 Å². The summed E-state index contributed by atoms with van der Waals surface area (Å²) < 4.78 is 0. The summed E-state index contributed by atoms with van der Waals surface area (Å²) in [5.41, 5.74) is 8.48. The third-order valence-electron chi connectivity index (χ3n) is 4.20. The standard InChI is InChI=1S/C15H20N4O/c1-2-3-15(4-5-15)8-17-13-7-12-10(6-11(13)16)14(20)19-9-18-12/h6-7,9,17H,2-5,8,16H2,1H3,(H,18,19,20). The molecule has 5 nitrogen and oxygen atoms in total. The maximum absolute atomic E-state index is 11.7. The van der Waals surface area contributed by atoms with Gasteiger partial charge in [0.25, 0.3) is 5.56 Å². The molecular weight excluding hydrogens is 252 g/mol. The molecule has 5 heteroatoms. The highest BCUT2D eigenvalue weighted by molar-refractivity contribution is 5.88. The van der Waals surface area contributed by atoms with Crippen molar-refractivity contribution in [3.8, 4) is 0 Å². The number of nitrogen functional groups attached to an aromatic ring is 1. The molecule has 20 heavy (non-hydrogen) atoms. The minimum atomic E-state index is -0.155. The van der Waals surface area contributed by atoms with E-state index in [0.717, 1.165) is 12.2 Å². The largest absolute Gasteiger partial charge is 0.397 e. The Bertz CT molecular complexity index is 688. The number of benzene rings is 1. The summed E-state index contributed by atoms with van der Waals surface area (Å²) in [4.78, 5) is 18.4. The average molecular weight is 272 g/mol. The number of aromatic nitrogens is 2. The summed E-state index contributed by atoms with van der Waals surface area (Å²) in [6, 6.07) is 3.56. The lowest BCUT2D eigenvalue weighted by Gasteiger charge is -2.17. The number of nitrogens with one attached hydrogen (secondary N) is 2. The molecule has 1 heterocycles. The second-order valence-corrected chi connectivity index (χ2v) is 5.79. The van der Waals surface area contributed by atoms with Gasteiger partial charge in [0.1, 0.15) is 0 Å². The van der Waals surface area contributed by atoms with Crippen LogP contribution in [0.4, 0.5) is 11.4 Å². The Hall–Kier alpha value is -2.04. The number of H-pyrrole nitrogens is 1. The van der Waals surface area contributed by atoms with Crippen molar-refractivity contribution in [2.75, 3.05) is 17.6 Å². The molecule has 1 aromatic heterocycles. The number of nitrogens with two attached hydrogens (primary N) is 1. The van der Waals surface area contributed by atoms with Crippen LogP contribution in [0, 0.1) is 5.41 Å². The number of fused-ring (bicyclic) bond motifs is 1. The molecule has 4 N–H and O–H groups in total. The van der Waals surface area contributed by atoms with Gasteiger partial charge in [0.15, 0.2) is 0 Å². The van der Waals surface area contributed by atoms with Crippen molar-refractivity contribution >= 4 is 22.3 Å². The van der Waals surface area contributed by atoms with Crippen LogP contribution in [0.3, 0.4) is 0 Å². The van der Waals surface area contributed by atoms with Crippen molar-refractivity contribution in [2.45, 2.75) is 32.6 Å². The van der Waals surface area contributed by atoms with Crippen molar-refractivity contribution in [3.05, 3.63) is 28.8 Å². The van der Waals surface area contributed by atoms with Crippen molar-refractivity contribution in [1.29, 1.82) is 0 Å². The van der Waals surface area contributed by atoms with Gasteiger partial charge in [-0.1, -0.05) is 13.3 Å². The fourth-order valence-electron chi connectivity index (χ4n) is 2.79. The molecule has 1 aliphatic carbocycles. The van der Waals surface area contributed by atoms with Crippen molar-refractivity contribution in [3.63, 3.8) is 0 Å². The van der Waals surface area contributed by atoms with Crippen LogP contribution < -0.4 is 16.6 Å². The molecule has 3 rings (SSSR count). The molecule has 0 aliphatic heterocycles. The summed E-state index contributed by atoms with van der Waals surface area (Å²) in [7, 11) is 0. The molecule has 0 unspecified atom stereocenters. The van der Waals surface area contributed by atoms with Gasteiger partial charge in [0.05, 0.1) is 28.6 Å². The minimum Gasteiger partial charge on any atom is -0.397 e. The van der Waals surface area contributed by atoms with E-state index in [-0.39, 0.29) is 5.56 Å². The third-order valence-corrected chi connectivity index (χ3v) is 4.20. The molecule has 0 spiro atoms. The number of aromatic amines is 1. The second kappa shape index (κ2) is 4.81. The zero-order valence-electron chi connectivity index (χ0n) is 11.7. The molecule has 0 radical (unpaired) electrons. The topological polar surface area (TPSA) is 83.8 Å². The highest BCUT2D eigenvalue weighted by atomic mass is 16.1. The molecule has 0 atom stereocenters. The van der Waals surface area contributed by atoms with Crippen LogP contribution in [0.15, 0.2) is 23.3 Å². The Balaban J connectivity index is 1.85. The number of hydrogen-bond acceptors (Lipinski definition) is 4. The van der Waals surface area contributed by atoms with E-state index in [9.17, 15) is 4.79 Å². The molecule has 2 aromatic rings. The number of rotatable bonds is 5.